The summed E-state index contributed by atoms with van der Waals surface area (Å²) in [5.41, 5.74) is 1.94. The number of aromatic nitrogens is 5. The minimum atomic E-state index is -0.227. The van der Waals surface area contributed by atoms with Crippen LogP contribution in [-0.4, -0.2) is 37.0 Å². The van der Waals surface area contributed by atoms with E-state index in [0.717, 1.165) is 16.9 Å². The summed E-state index contributed by atoms with van der Waals surface area (Å²) in [5.74, 6) is 2.29. The fraction of sp³-hybridized carbons (Fsp3) is 0.235. The van der Waals surface area contributed by atoms with Crippen LogP contribution >= 0.6 is 11.8 Å². The van der Waals surface area contributed by atoms with Crippen molar-refractivity contribution < 1.29 is 13.7 Å². The van der Waals surface area contributed by atoms with Crippen molar-refractivity contribution in [2.75, 3.05) is 11.1 Å². The first-order chi connectivity index (χ1) is 13.2. The Labute approximate surface area is 157 Å². The number of imidazole rings is 1. The normalized spacial score (nSPS) is 11.1. The van der Waals surface area contributed by atoms with Gasteiger partial charge in [0.2, 0.25) is 11.8 Å². The molecule has 1 amide bonds. The van der Waals surface area contributed by atoms with Gasteiger partial charge in [0, 0.05) is 18.9 Å². The van der Waals surface area contributed by atoms with E-state index in [1.807, 2.05) is 24.3 Å². The number of carbonyl (C=O) groups excluding carboxylic acids is 1. The van der Waals surface area contributed by atoms with Crippen molar-refractivity contribution >= 4 is 34.5 Å². The Morgan fingerprint density at radius 2 is 2.15 bits per heavy atom. The molecule has 0 aliphatic rings. The van der Waals surface area contributed by atoms with Gasteiger partial charge in [-0.2, -0.15) is 0 Å². The highest BCUT2D eigenvalue weighted by Crippen LogP contribution is 2.18. The van der Waals surface area contributed by atoms with Crippen LogP contribution in [0.2, 0.25) is 0 Å². The molecule has 0 fully saturated rings. The predicted molar refractivity (Wildman–Crippen MR) is 98.4 cm³/mol. The number of hydrogen-bond donors (Lipinski definition) is 2. The van der Waals surface area contributed by atoms with Crippen molar-refractivity contribution in [3.63, 3.8) is 0 Å². The summed E-state index contributed by atoms with van der Waals surface area (Å²) in [6.07, 6.45) is 1.23. The van der Waals surface area contributed by atoms with Crippen LogP contribution in [0, 0.1) is 6.92 Å². The van der Waals surface area contributed by atoms with Crippen molar-refractivity contribution in [3.8, 4) is 0 Å². The molecule has 0 atom stereocenters. The lowest BCUT2D eigenvalue weighted by Crippen LogP contribution is -2.14. The number of hydrogen-bond acceptors (Lipinski definition) is 8. The second-order valence-corrected chi connectivity index (χ2v) is 6.75. The highest BCUT2D eigenvalue weighted by atomic mass is 32.2. The number of benzene rings is 1. The Morgan fingerprint density at radius 3 is 2.96 bits per heavy atom. The third-order valence-electron chi connectivity index (χ3n) is 3.68. The first-order valence-corrected chi connectivity index (χ1v) is 9.26. The van der Waals surface area contributed by atoms with Gasteiger partial charge in [0.15, 0.2) is 5.82 Å². The molecule has 9 nitrogen and oxygen atoms in total. The molecule has 3 aromatic heterocycles. The van der Waals surface area contributed by atoms with Gasteiger partial charge in [-0.15, -0.1) is 10.2 Å². The number of nitrogens with zero attached hydrogens (tertiary/aromatic N) is 4. The minimum absolute atomic E-state index is 0.136. The lowest BCUT2D eigenvalue weighted by molar-refractivity contribution is -0.113. The molecule has 0 spiro atoms. The summed E-state index contributed by atoms with van der Waals surface area (Å²) in [5, 5.41) is 14.7. The zero-order valence-corrected chi connectivity index (χ0v) is 15.2. The van der Waals surface area contributed by atoms with Crippen LogP contribution < -0.4 is 5.32 Å². The maximum atomic E-state index is 11.9. The van der Waals surface area contributed by atoms with E-state index >= 15 is 0 Å². The molecule has 0 aliphatic carbocycles. The van der Waals surface area contributed by atoms with Gasteiger partial charge in [0.05, 0.1) is 16.8 Å². The van der Waals surface area contributed by atoms with Crippen LogP contribution in [0.4, 0.5) is 5.82 Å². The molecule has 3 heterocycles. The molecule has 4 rings (SSSR count). The van der Waals surface area contributed by atoms with E-state index < -0.39 is 0 Å². The van der Waals surface area contributed by atoms with Crippen LogP contribution in [0.15, 0.2) is 44.5 Å². The van der Waals surface area contributed by atoms with Crippen molar-refractivity contribution in [3.05, 3.63) is 47.8 Å². The highest BCUT2D eigenvalue weighted by molar-refractivity contribution is 7.99. The zero-order chi connectivity index (χ0) is 18.6. The summed E-state index contributed by atoms with van der Waals surface area (Å²) in [6.45, 7) is 1.75. The first-order valence-electron chi connectivity index (χ1n) is 8.28. The Kier molecular flexibility index (Phi) is 4.88. The SMILES string of the molecule is Cc1cc(NC(=O)CSc2nnc(CCc3nc4ccccc4[nH]3)o2)no1. The lowest BCUT2D eigenvalue weighted by atomic mass is 10.3. The van der Waals surface area contributed by atoms with E-state index in [1.54, 1.807) is 13.0 Å². The van der Waals surface area contributed by atoms with Crippen LogP contribution in [-0.2, 0) is 17.6 Å². The van der Waals surface area contributed by atoms with E-state index in [-0.39, 0.29) is 11.7 Å². The number of anilines is 1. The number of nitrogens with one attached hydrogen (secondary N) is 2. The van der Waals surface area contributed by atoms with E-state index in [0.29, 0.717) is 35.5 Å². The first kappa shape index (κ1) is 17.3. The van der Waals surface area contributed by atoms with Gasteiger partial charge in [0.1, 0.15) is 11.6 Å². The highest BCUT2D eigenvalue weighted by Gasteiger charge is 2.12. The number of aryl methyl sites for hydroxylation is 3. The third kappa shape index (κ3) is 4.34. The number of thioether (sulfide) groups is 1. The van der Waals surface area contributed by atoms with E-state index in [2.05, 4.69) is 30.6 Å². The molecule has 4 aromatic rings. The van der Waals surface area contributed by atoms with E-state index in [1.165, 1.54) is 11.8 Å². The molecule has 27 heavy (non-hydrogen) atoms. The zero-order valence-electron chi connectivity index (χ0n) is 14.4. The molecule has 0 saturated carbocycles. The fourth-order valence-electron chi connectivity index (χ4n) is 2.48. The molecule has 138 valence electrons. The summed E-state index contributed by atoms with van der Waals surface area (Å²) in [4.78, 5) is 19.7. The maximum absolute atomic E-state index is 11.9. The molecule has 0 unspecified atom stereocenters. The Hall–Kier alpha value is -3.14. The number of H-pyrrole nitrogens is 1. The maximum Gasteiger partial charge on any atom is 0.277 e. The van der Waals surface area contributed by atoms with Crippen LogP contribution in [0.25, 0.3) is 11.0 Å². The molecule has 10 heteroatoms. The van der Waals surface area contributed by atoms with Gasteiger partial charge in [-0.05, 0) is 19.1 Å². The quantitative estimate of drug-likeness (QED) is 0.466. The van der Waals surface area contributed by atoms with Crippen LogP contribution in [0.1, 0.15) is 17.5 Å². The second-order valence-electron chi connectivity index (χ2n) is 5.82. The molecule has 0 bridgehead atoms. The van der Waals surface area contributed by atoms with Gasteiger partial charge in [-0.25, -0.2) is 4.98 Å². The van der Waals surface area contributed by atoms with Crippen molar-refractivity contribution in [2.45, 2.75) is 25.0 Å². The van der Waals surface area contributed by atoms with Crippen molar-refractivity contribution in [1.29, 1.82) is 0 Å². The number of para-hydroxylation sites is 2. The topological polar surface area (TPSA) is 123 Å². The van der Waals surface area contributed by atoms with E-state index in [4.69, 9.17) is 8.94 Å². The molecule has 0 saturated heterocycles. The molecule has 0 radical (unpaired) electrons. The summed E-state index contributed by atoms with van der Waals surface area (Å²) in [6, 6.07) is 9.51. The molecule has 0 aliphatic heterocycles. The number of rotatable bonds is 7. The number of fused-ring (bicyclic) bond motifs is 1. The van der Waals surface area contributed by atoms with Crippen LogP contribution in [0.3, 0.4) is 0 Å². The Balaban J connectivity index is 1.27. The smallest absolute Gasteiger partial charge is 0.277 e. The number of amides is 1. The van der Waals surface area contributed by atoms with Gasteiger partial charge in [0.25, 0.3) is 5.22 Å². The molecular formula is C17H16N6O3S. The monoisotopic (exact) mass is 384 g/mol. The van der Waals surface area contributed by atoms with Crippen molar-refractivity contribution in [2.24, 2.45) is 0 Å². The fourth-order valence-corrected chi connectivity index (χ4v) is 3.06. The summed E-state index contributed by atoms with van der Waals surface area (Å²) < 4.78 is 10.5. The Morgan fingerprint density at radius 1 is 1.26 bits per heavy atom. The van der Waals surface area contributed by atoms with Gasteiger partial charge in [-0.1, -0.05) is 29.1 Å². The minimum Gasteiger partial charge on any atom is -0.416 e. The Bertz CT molecular complexity index is 1040. The van der Waals surface area contributed by atoms with Gasteiger partial charge >= 0.3 is 0 Å². The van der Waals surface area contributed by atoms with Gasteiger partial charge in [-0.3, -0.25) is 4.79 Å². The van der Waals surface area contributed by atoms with Crippen LogP contribution in [0.5, 0.6) is 0 Å². The lowest BCUT2D eigenvalue weighted by Gasteiger charge is -1.98. The standard InChI is InChI=1S/C17H16N6O3S/c1-10-8-14(23-26-10)20-15(24)9-27-17-22-21-16(25-17)7-6-13-18-11-4-2-3-5-12(11)19-13/h2-5,8H,6-7,9H2,1H3,(H,18,19)(H,20,23,24). The average Bonchev–Trinajstić information content (AvgIpc) is 3.37. The van der Waals surface area contributed by atoms with E-state index in [9.17, 15) is 4.79 Å². The number of aromatic amines is 1. The van der Waals surface area contributed by atoms with Gasteiger partial charge < -0.3 is 19.2 Å². The third-order valence-corrected chi connectivity index (χ3v) is 4.50. The second kappa shape index (κ2) is 7.62. The molecular weight excluding hydrogens is 368 g/mol. The average molecular weight is 384 g/mol. The molecule has 1 aromatic carbocycles. The molecule has 2 N–H and O–H groups in total. The summed E-state index contributed by atoms with van der Waals surface area (Å²) in [7, 11) is 0. The predicted octanol–water partition coefficient (Wildman–Crippen LogP) is 2.76. The number of carbonyl (C=O) groups is 1. The summed E-state index contributed by atoms with van der Waals surface area (Å²) >= 11 is 1.17. The largest absolute Gasteiger partial charge is 0.416 e. The van der Waals surface area contributed by atoms with Crippen molar-refractivity contribution in [1.82, 2.24) is 25.3 Å².